The van der Waals surface area contributed by atoms with Gasteiger partial charge >= 0.3 is 5.97 Å². The molecule has 0 fully saturated rings. The average molecular weight is 219 g/mol. The molecule has 0 aromatic carbocycles. The lowest BCUT2D eigenvalue weighted by molar-refractivity contribution is -0.139. The third-order valence-corrected chi connectivity index (χ3v) is 2.14. The summed E-state index contributed by atoms with van der Waals surface area (Å²) in [6, 6.07) is 5.88. The smallest absolute Gasteiger partial charge is 0.333 e. The highest BCUT2D eigenvalue weighted by atomic mass is 16.5. The molecule has 0 aliphatic carbocycles. The number of rotatable bonds is 6. The van der Waals surface area contributed by atoms with Crippen LogP contribution in [-0.2, 0) is 16.0 Å². The van der Waals surface area contributed by atoms with E-state index in [9.17, 15) is 4.79 Å². The van der Waals surface area contributed by atoms with Crippen molar-refractivity contribution in [3.8, 4) is 0 Å². The largest absolute Gasteiger partial charge is 0.462 e. The number of ether oxygens (including phenoxy) is 1. The van der Waals surface area contributed by atoms with Crippen molar-refractivity contribution in [1.29, 1.82) is 0 Å². The Labute approximate surface area is 96.2 Å². The molecule has 3 nitrogen and oxygen atoms in total. The van der Waals surface area contributed by atoms with Crippen molar-refractivity contribution in [1.82, 2.24) is 4.98 Å². The van der Waals surface area contributed by atoms with Crippen LogP contribution in [0.5, 0.6) is 0 Å². The number of unbranched alkanes of at least 4 members (excludes halogenated alkanes) is 1. The van der Waals surface area contributed by atoms with Gasteiger partial charge in [0.25, 0.3) is 0 Å². The molecule has 0 aliphatic heterocycles. The monoisotopic (exact) mass is 219 g/mol. The summed E-state index contributed by atoms with van der Waals surface area (Å²) in [6.07, 6.45) is 4.54. The maximum atomic E-state index is 11.0. The zero-order chi connectivity index (χ0) is 11.8. The summed E-state index contributed by atoms with van der Waals surface area (Å²) in [7, 11) is 0. The van der Waals surface area contributed by atoms with Crippen molar-refractivity contribution in [3.63, 3.8) is 0 Å². The molecule has 0 amide bonds. The van der Waals surface area contributed by atoms with Gasteiger partial charge in [0.15, 0.2) is 0 Å². The molecule has 0 saturated carbocycles. The van der Waals surface area contributed by atoms with Crippen molar-refractivity contribution < 1.29 is 9.53 Å². The summed E-state index contributed by atoms with van der Waals surface area (Å²) in [6.45, 7) is 5.62. The zero-order valence-corrected chi connectivity index (χ0v) is 9.61. The molecule has 3 heteroatoms. The molecule has 86 valence electrons. The Bertz CT molecular complexity index is 346. The fourth-order valence-electron chi connectivity index (χ4n) is 1.24. The number of nitrogens with zero attached hydrogens (tertiary/aromatic N) is 1. The van der Waals surface area contributed by atoms with Gasteiger partial charge in [-0.1, -0.05) is 12.6 Å². The fourth-order valence-corrected chi connectivity index (χ4v) is 1.24. The van der Waals surface area contributed by atoms with E-state index in [-0.39, 0.29) is 5.97 Å². The van der Waals surface area contributed by atoms with Crippen LogP contribution in [0.3, 0.4) is 0 Å². The van der Waals surface area contributed by atoms with Gasteiger partial charge in [-0.25, -0.2) is 4.79 Å². The van der Waals surface area contributed by atoms with E-state index in [0.717, 1.165) is 25.0 Å². The Hall–Kier alpha value is -1.64. The van der Waals surface area contributed by atoms with Gasteiger partial charge in [0.2, 0.25) is 0 Å². The SMILES string of the molecule is C=C(C)C(=O)OCCCCc1ccccn1. The molecule has 0 saturated heterocycles. The molecule has 0 atom stereocenters. The molecule has 0 spiro atoms. The first-order valence-corrected chi connectivity index (χ1v) is 5.42. The number of hydrogen-bond donors (Lipinski definition) is 0. The highest BCUT2D eigenvalue weighted by molar-refractivity contribution is 5.86. The molecule has 0 N–H and O–H groups in total. The second-order valence-corrected chi connectivity index (χ2v) is 3.69. The van der Waals surface area contributed by atoms with E-state index in [2.05, 4.69) is 11.6 Å². The first-order chi connectivity index (χ1) is 7.70. The molecular formula is C13H17NO2. The van der Waals surface area contributed by atoms with E-state index < -0.39 is 0 Å². The second kappa shape index (κ2) is 6.77. The van der Waals surface area contributed by atoms with Gasteiger partial charge < -0.3 is 4.74 Å². The van der Waals surface area contributed by atoms with Crippen LogP contribution in [0.2, 0.25) is 0 Å². The van der Waals surface area contributed by atoms with E-state index in [4.69, 9.17) is 4.74 Å². The standard InChI is InChI=1S/C13H17NO2/c1-11(2)13(15)16-10-6-4-8-12-7-3-5-9-14-12/h3,5,7,9H,1,4,6,8,10H2,2H3. The number of aromatic nitrogens is 1. The minimum atomic E-state index is -0.308. The molecule has 0 bridgehead atoms. The maximum absolute atomic E-state index is 11.0. The number of hydrogen-bond acceptors (Lipinski definition) is 3. The number of aryl methyl sites for hydroxylation is 1. The van der Waals surface area contributed by atoms with Crippen LogP contribution in [0.15, 0.2) is 36.5 Å². The first-order valence-electron chi connectivity index (χ1n) is 5.42. The van der Waals surface area contributed by atoms with Gasteiger partial charge in [0.1, 0.15) is 0 Å². The highest BCUT2D eigenvalue weighted by Crippen LogP contribution is 2.02. The van der Waals surface area contributed by atoms with Crippen LogP contribution >= 0.6 is 0 Å². The van der Waals surface area contributed by atoms with Crippen LogP contribution in [0.4, 0.5) is 0 Å². The lowest BCUT2D eigenvalue weighted by Gasteiger charge is -2.03. The third kappa shape index (κ3) is 4.73. The summed E-state index contributed by atoms with van der Waals surface area (Å²) >= 11 is 0. The summed E-state index contributed by atoms with van der Waals surface area (Å²) in [4.78, 5) is 15.3. The Balaban J connectivity index is 2.09. The van der Waals surface area contributed by atoms with E-state index in [1.54, 1.807) is 13.1 Å². The van der Waals surface area contributed by atoms with Crippen molar-refractivity contribution in [2.75, 3.05) is 6.61 Å². The lowest BCUT2D eigenvalue weighted by atomic mass is 10.2. The Kier molecular flexibility index (Phi) is 5.26. The third-order valence-electron chi connectivity index (χ3n) is 2.14. The number of esters is 1. The minimum absolute atomic E-state index is 0.308. The quantitative estimate of drug-likeness (QED) is 0.419. The van der Waals surface area contributed by atoms with Crippen molar-refractivity contribution in [2.24, 2.45) is 0 Å². The van der Waals surface area contributed by atoms with Crippen molar-refractivity contribution in [2.45, 2.75) is 26.2 Å². The fraction of sp³-hybridized carbons (Fsp3) is 0.385. The van der Waals surface area contributed by atoms with E-state index >= 15 is 0 Å². The summed E-state index contributed by atoms with van der Waals surface area (Å²) in [5.74, 6) is -0.308. The van der Waals surface area contributed by atoms with Gasteiger partial charge in [-0.3, -0.25) is 4.98 Å². The van der Waals surface area contributed by atoms with E-state index in [0.29, 0.717) is 12.2 Å². The van der Waals surface area contributed by atoms with Gasteiger partial charge in [0, 0.05) is 17.5 Å². The first kappa shape index (κ1) is 12.4. The number of carbonyl (C=O) groups is 1. The molecule has 0 aliphatic rings. The Morgan fingerprint density at radius 3 is 2.88 bits per heavy atom. The van der Waals surface area contributed by atoms with Gasteiger partial charge in [-0.2, -0.15) is 0 Å². The molecular weight excluding hydrogens is 202 g/mol. The average Bonchev–Trinajstić information content (AvgIpc) is 2.29. The molecule has 16 heavy (non-hydrogen) atoms. The molecule has 1 rings (SSSR count). The van der Waals surface area contributed by atoms with Crippen LogP contribution in [-0.4, -0.2) is 17.6 Å². The van der Waals surface area contributed by atoms with Crippen LogP contribution in [0, 0.1) is 0 Å². The Morgan fingerprint density at radius 2 is 2.25 bits per heavy atom. The Morgan fingerprint density at radius 1 is 1.44 bits per heavy atom. The van der Waals surface area contributed by atoms with Gasteiger partial charge in [-0.05, 0) is 38.3 Å². The van der Waals surface area contributed by atoms with Crippen molar-refractivity contribution in [3.05, 3.63) is 42.2 Å². The summed E-state index contributed by atoms with van der Waals surface area (Å²) in [5.41, 5.74) is 1.53. The number of pyridine rings is 1. The van der Waals surface area contributed by atoms with E-state index in [1.165, 1.54) is 0 Å². The van der Waals surface area contributed by atoms with Crippen LogP contribution < -0.4 is 0 Å². The van der Waals surface area contributed by atoms with Gasteiger partial charge in [0.05, 0.1) is 6.61 Å². The number of carbonyl (C=O) groups excluding carboxylic acids is 1. The minimum Gasteiger partial charge on any atom is -0.462 e. The lowest BCUT2D eigenvalue weighted by Crippen LogP contribution is -2.06. The zero-order valence-electron chi connectivity index (χ0n) is 9.61. The highest BCUT2D eigenvalue weighted by Gasteiger charge is 2.01. The normalized spacial score (nSPS) is 9.81. The van der Waals surface area contributed by atoms with Crippen molar-refractivity contribution >= 4 is 5.97 Å². The van der Waals surface area contributed by atoms with Crippen LogP contribution in [0.25, 0.3) is 0 Å². The molecule has 1 aromatic heterocycles. The molecule has 1 aromatic rings. The summed E-state index contributed by atoms with van der Waals surface area (Å²) in [5, 5.41) is 0. The van der Waals surface area contributed by atoms with E-state index in [1.807, 2.05) is 18.2 Å². The topological polar surface area (TPSA) is 39.2 Å². The predicted molar refractivity (Wildman–Crippen MR) is 62.9 cm³/mol. The maximum Gasteiger partial charge on any atom is 0.333 e. The molecule has 0 unspecified atom stereocenters. The molecule has 0 radical (unpaired) electrons. The van der Waals surface area contributed by atoms with Crippen LogP contribution in [0.1, 0.15) is 25.5 Å². The predicted octanol–water partition coefficient (Wildman–Crippen LogP) is 2.52. The summed E-state index contributed by atoms with van der Waals surface area (Å²) < 4.78 is 4.98. The second-order valence-electron chi connectivity index (χ2n) is 3.69. The van der Waals surface area contributed by atoms with Gasteiger partial charge in [-0.15, -0.1) is 0 Å². The molecule has 1 heterocycles.